The third kappa shape index (κ3) is 2.32. The molecule has 88 valence electrons. The van der Waals surface area contributed by atoms with Crippen LogP contribution < -0.4 is 10.1 Å². The van der Waals surface area contributed by atoms with E-state index in [-0.39, 0.29) is 18.8 Å². The first-order valence-electron chi connectivity index (χ1n) is 5.55. The van der Waals surface area contributed by atoms with E-state index in [9.17, 15) is 5.11 Å². The molecule has 0 radical (unpaired) electrons. The number of halogens is 1. The molecule has 0 saturated carbocycles. The normalized spacial score (nSPS) is 23.7. The summed E-state index contributed by atoms with van der Waals surface area (Å²) < 4.78 is 5.66. The van der Waals surface area contributed by atoms with Crippen LogP contribution in [-0.4, -0.2) is 24.4 Å². The Morgan fingerprint density at radius 3 is 3.06 bits per heavy atom. The maximum Gasteiger partial charge on any atom is 0.124 e. The van der Waals surface area contributed by atoms with Gasteiger partial charge in [-0.25, -0.2) is 0 Å². The second-order valence-corrected chi connectivity index (χ2v) is 4.39. The van der Waals surface area contributed by atoms with E-state index in [4.69, 9.17) is 16.3 Å². The van der Waals surface area contributed by atoms with Gasteiger partial charge in [0.05, 0.1) is 6.61 Å². The van der Waals surface area contributed by atoms with Gasteiger partial charge in [0.2, 0.25) is 0 Å². The molecule has 0 aliphatic carbocycles. The zero-order chi connectivity index (χ0) is 11.5. The molecule has 1 aliphatic heterocycles. The molecule has 2 unspecified atom stereocenters. The minimum absolute atomic E-state index is 0.0456. The van der Waals surface area contributed by atoms with Crippen molar-refractivity contribution in [2.45, 2.75) is 25.5 Å². The van der Waals surface area contributed by atoms with Crippen molar-refractivity contribution < 1.29 is 9.84 Å². The molecular weight excluding hydrogens is 226 g/mol. The largest absolute Gasteiger partial charge is 0.488 e. The molecule has 0 amide bonds. The number of hydrogen-bond donors (Lipinski definition) is 2. The van der Waals surface area contributed by atoms with Crippen LogP contribution in [0, 0.1) is 0 Å². The van der Waals surface area contributed by atoms with Gasteiger partial charge in [0.25, 0.3) is 0 Å². The Labute approximate surface area is 100 Å². The molecule has 1 aromatic rings. The van der Waals surface area contributed by atoms with E-state index in [1.165, 1.54) is 0 Å². The molecule has 2 rings (SSSR count). The highest BCUT2D eigenvalue weighted by Gasteiger charge is 2.27. The first-order chi connectivity index (χ1) is 7.74. The Bertz CT molecular complexity index is 370. The van der Waals surface area contributed by atoms with Gasteiger partial charge in [0.15, 0.2) is 0 Å². The minimum Gasteiger partial charge on any atom is -0.488 e. The van der Waals surface area contributed by atoms with Gasteiger partial charge in [-0.05, 0) is 24.7 Å². The molecule has 0 spiro atoms. The first kappa shape index (κ1) is 11.7. The van der Waals surface area contributed by atoms with E-state index in [0.717, 1.165) is 24.3 Å². The van der Waals surface area contributed by atoms with Crippen molar-refractivity contribution in [3.8, 4) is 5.75 Å². The van der Waals surface area contributed by atoms with Gasteiger partial charge in [-0.1, -0.05) is 18.5 Å². The van der Waals surface area contributed by atoms with Crippen molar-refractivity contribution in [3.63, 3.8) is 0 Å². The summed E-state index contributed by atoms with van der Waals surface area (Å²) in [6, 6.07) is 5.81. The second-order valence-electron chi connectivity index (χ2n) is 3.95. The monoisotopic (exact) mass is 241 g/mol. The summed E-state index contributed by atoms with van der Waals surface area (Å²) in [6.45, 7) is 2.99. The quantitative estimate of drug-likeness (QED) is 0.852. The number of rotatable bonds is 3. The molecule has 0 saturated heterocycles. The zero-order valence-electron chi connectivity index (χ0n) is 9.24. The van der Waals surface area contributed by atoms with E-state index in [2.05, 4.69) is 12.2 Å². The average molecular weight is 242 g/mol. The van der Waals surface area contributed by atoms with Crippen LogP contribution >= 0.6 is 11.6 Å². The molecule has 16 heavy (non-hydrogen) atoms. The van der Waals surface area contributed by atoms with Crippen molar-refractivity contribution >= 4 is 11.6 Å². The van der Waals surface area contributed by atoms with Gasteiger partial charge < -0.3 is 15.2 Å². The van der Waals surface area contributed by atoms with Crippen LogP contribution in [0.3, 0.4) is 0 Å². The van der Waals surface area contributed by atoms with Gasteiger partial charge in [-0.15, -0.1) is 0 Å². The number of aliphatic hydroxyl groups is 1. The Morgan fingerprint density at radius 1 is 1.56 bits per heavy atom. The first-order valence-corrected chi connectivity index (χ1v) is 5.92. The lowest BCUT2D eigenvalue weighted by atomic mass is 9.96. The number of aliphatic hydroxyl groups excluding tert-OH is 1. The fraction of sp³-hybridized carbons (Fsp3) is 0.500. The minimum atomic E-state index is -0.127. The smallest absolute Gasteiger partial charge is 0.124 e. The highest BCUT2D eigenvalue weighted by atomic mass is 35.5. The zero-order valence-corrected chi connectivity index (χ0v) is 10.00. The third-order valence-electron chi connectivity index (χ3n) is 2.79. The van der Waals surface area contributed by atoms with E-state index < -0.39 is 0 Å². The van der Waals surface area contributed by atoms with Crippen LogP contribution in [0.4, 0.5) is 0 Å². The highest BCUT2D eigenvalue weighted by Crippen LogP contribution is 2.36. The van der Waals surface area contributed by atoms with Crippen LogP contribution in [0.2, 0.25) is 5.02 Å². The van der Waals surface area contributed by atoms with Crippen molar-refractivity contribution in [2.24, 2.45) is 0 Å². The predicted octanol–water partition coefficient (Wildman–Crippen LogP) is 2.13. The van der Waals surface area contributed by atoms with E-state index in [1.807, 2.05) is 18.2 Å². The number of benzene rings is 1. The van der Waals surface area contributed by atoms with Crippen molar-refractivity contribution in [2.75, 3.05) is 13.2 Å². The fourth-order valence-electron chi connectivity index (χ4n) is 2.07. The maximum atomic E-state index is 9.18. The summed E-state index contributed by atoms with van der Waals surface area (Å²) in [5, 5.41) is 13.3. The lowest BCUT2D eigenvalue weighted by molar-refractivity contribution is 0.0837. The fourth-order valence-corrected chi connectivity index (χ4v) is 2.25. The number of ether oxygens (including phenoxy) is 1. The maximum absolute atomic E-state index is 9.18. The van der Waals surface area contributed by atoms with Gasteiger partial charge in [-0.3, -0.25) is 0 Å². The standard InChI is InChI=1S/C12H16ClNO2/c1-2-14-11-6-9(7-15)16-12-4-3-8(13)5-10(11)12/h3-5,9,11,14-15H,2,6-7H2,1H3. The number of fused-ring (bicyclic) bond motifs is 1. The van der Waals surface area contributed by atoms with E-state index >= 15 is 0 Å². The lowest BCUT2D eigenvalue weighted by Crippen LogP contribution is -2.34. The van der Waals surface area contributed by atoms with Crippen molar-refractivity contribution in [1.29, 1.82) is 0 Å². The molecule has 0 aromatic heterocycles. The molecule has 3 nitrogen and oxygen atoms in total. The molecule has 1 aromatic carbocycles. The highest BCUT2D eigenvalue weighted by molar-refractivity contribution is 6.30. The third-order valence-corrected chi connectivity index (χ3v) is 3.03. The molecule has 0 bridgehead atoms. The summed E-state index contributed by atoms with van der Waals surface area (Å²) in [6.07, 6.45) is 0.648. The second kappa shape index (κ2) is 5.04. The van der Waals surface area contributed by atoms with Gasteiger partial charge in [0, 0.05) is 23.0 Å². The van der Waals surface area contributed by atoms with Crippen LogP contribution in [0.1, 0.15) is 24.9 Å². The van der Waals surface area contributed by atoms with Crippen molar-refractivity contribution in [3.05, 3.63) is 28.8 Å². The Hall–Kier alpha value is -0.770. The Morgan fingerprint density at radius 2 is 2.38 bits per heavy atom. The average Bonchev–Trinajstić information content (AvgIpc) is 2.30. The summed E-state index contributed by atoms with van der Waals surface area (Å²) in [5.41, 5.74) is 1.08. The van der Waals surface area contributed by atoms with Crippen LogP contribution in [0.25, 0.3) is 0 Å². The molecule has 0 fully saturated rings. The van der Waals surface area contributed by atoms with Crippen LogP contribution in [0.15, 0.2) is 18.2 Å². The summed E-state index contributed by atoms with van der Waals surface area (Å²) in [4.78, 5) is 0. The van der Waals surface area contributed by atoms with Crippen LogP contribution in [-0.2, 0) is 0 Å². The van der Waals surface area contributed by atoms with E-state index in [1.54, 1.807) is 0 Å². The van der Waals surface area contributed by atoms with E-state index in [0.29, 0.717) is 5.02 Å². The number of nitrogens with one attached hydrogen (secondary N) is 1. The molecule has 4 heteroatoms. The lowest BCUT2D eigenvalue weighted by Gasteiger charge is -2.31. The van der Waals surface area contributed by atoms with Gasteiger partial charge >= 0.3 is 0 Å². The summed E-state index contributed by atoms with van der Waals surface area (Å²) >= 11 is 5.98. The van der Waals surface area contributed by atoms with Gasteiger partial charge in [-0.2, -0.15) is 0 Å². The number of hydrogen-bond acceptors (Lipinski definition) is 3. The Kier molecular flexibility index (Phi) is 3.69. The SMILES string of the molecule is CCNC1CC(CO)Oc2ccc(Cl)cc21. The molecule has 1 heterocycles. The van der Waals surface area contributed by atoms with Crippen LogP contribution in [0.5, 0.6) is 5.75 Å². The molecule has 2 atom stereocenters. The molecular formula is C12H16ClNO2. The Balaban J connectivity index is 2.31. The van der Waals surface area contributed by atoms with Crippen molar-refractivity contribution in [1.82, 2.24) is 5.32 Å². The predicted molar refractivity (Wildman–Crippen MR) is 64.0 cm³/mol. The summed E-state index contributed by atoms with van der Waals surface area (Å²) in [7, 11) is 0. The molecule has 2 N–H and O–H groups in total. The van der Waals surface area contributed by atoms with Gasteiger partial charge in [0.1, 0.15) is 11.9 Å². The topological polar surface area (TPSA) is 41.5 Å². The molecule has 1 aliphatic rings. The summed E-state index contributed by atoms with van der Waals surface area (Å²) in [5.74, 6) is 0.820.